The topological polar surface area (TPSA) is 35.2 Å². The maximum atomic E-state index is 5.72. The van der Waals surface area contributed by atoms with Crippen molar-refractivity contribution in [2.45, 2.75) is 20.0 Å². The Kier molecular flexibility index (Phi) is 4.58. The summed E-state index contributed by atoms with van der Waals surface area (Å²) in [5, 5.41) is 0. The highest BCUT2D eigenvalue weighted by Crippen LogP contribution is 2.21. The molecule has 0 radical (unpaired) electrons. The number of allylic oxidation sites excluding steroid dienone is 2. The summed E-state index contributed by atoms with van der Waals surface area (Å²) in [6, 6.07) is 8.08. The van der Waals surface area contributed by atoms with Crippen LogP contribution in [0.2, 0.25) is 0 Å². The number of hydrogen-bond acceptors (Lipinski definition) is 2. The van der Waals surface area contributed by atoms with Crippen LogP contribution in [0, 0.1) is 0 Å². The molecule has 1 aromatic carbocycles. The third-order valence-corrected chi connectivity index (χ3v) is 2.62. The fraction of sp³-hybridized carbons (Fsp3) is 0.200. The van der Waals surface area contributed by atoms with Crippen LogP contribution in [0.5, 0.6) is 0 Å². The molecule has 0 fully saturated rings. The highest BCUT2D eigenvalue weighted by molar-refractivity contribution is 5.47. The molecule has 1 aromatic rings. The van der Waals surface area contributed by atoms with E-state index in [1.54, 1.807) is 6.08 Å². The summed E-state index contributed by atoms with van der Waals surface area (Å²) in [5.41, 5.74) is 8.48. The van der Waals surface area contributed by atoms with Gasteiger partial charge in [0.2, 0.25) is 0 Å². The molecule has 0 bridgehead atoms. The molecule has 2 N–H and O–H groups in total. The first-order chi connectivity index (χ1) is 8.08. The fourth-order valence-electron chi connectivity index (χ4n) is 1.45. The van der Waals surface area contributed by atoms with E-state index in [-0.39, 0.29) is 6.10 Å². The lowest BCUT2D eigenvalue weighted by atomic mass is 10.1. The molecule has 2 nitrogen and oxygen atoms in total. The first-order valence-electron chi connectivity index (χ1n) is 5.56. The van der Waals surface area contributed by atoms with E-state index >= 15 is 0 Å². The molecule has 1 atom stereocenters. The van der Waals surface area contributed by atoms with Crippen LogP contribution in [-0.2, 0) is 4.74 Å². The van der Waals surface area contributed by atoms with Crippen LogP contribution in [0.4, 0.5) is 0 Å². The summed E-state index contributed by atoms with van der Waals surface area (Å²) in [7, 11) is 0. The second kappa shape index (κ2) is 5.94. The van der Waals surface area contributed by atoms with Crippen LogP contribution >= 0.6 is 0 Å². The Morgan fingerprint density at radius 2 is 1.88 bits per heavy atom. The van der Waals surface area contributed by atoms with Gasteiger partial charge in [-0.3, -0.25) is 0 Å². The van der Waals surface area contributed by atoms with E-state index in [1.807, 2.05) is 44.2 Å². The molecule has 1 rings (SSSR count). The molecule has 1 unspecified atom stereocenters. The molecule has 0 spiro atoms. The van der Waals surface area contributed by atoms with E-state index in [0.29, 0.717) is 11.5 Å². The monoisotopic (exact) mass is 229 g/mol. The quantitative estimate of drug-likeness (QED) is 0.616. The molecular weight excluding hydrogens is 210 g/mol. The lowest BCUT2D eigenvalue weighted by molar-refractivity contribution is 0.132. The molecule has 2 heteroatoms. The maximum absolute atomic E-state index is 5.72. The van der Waals surface area contributed by atoms with Gasteiger partial charge in [-0.15, -0.1) is 0 Å². The number of ether oxygens (including phenoxy) is 1. The molecular formula is C15H19NO. The van der Waals surface area contributed by atoms with E-state index in [2.05, 4.69) is 13.2 Å². The molecule has 0 heterocycles. The molecule has 0 aliphatic heterocycles. The van der Waals surface area contributed by atoms with Gasteiger partial charge in [-0.25, -0.2) is 0 Å². The zero-order chi connectivity index (χ0) is 12.8. The SMILES string of the molecule is C=C/C(N)=C(\C)OC(C)c1ccc(C=C)cc1. The van der Waals surface area contributed by atoms with Crippen LogP contribution in [0.1, 0.15) is 31.1 Å². The van der Waals surface area contributed by atoms with E-state index in [0.717, 1.165) is 11.1 Å². The standard InChI is InChI=1S/C15H19NO/c1-5-13-7-9-14(10-8-13)11(3)17-12(4)15(16)6-2/h5-11H,1-2,16H2,3-4H3/b15-12-. The van der Waals surface area contributed by atoms with Crippen molar-refractivity contribution >= 4 is 6.08 Å². The molecule has 0 amide bonds. The lowest BCUT2D eigenvalue weighted by Gasteiger charge is -2.16. The first-order valence-corrected chi connectivity index (χ1v) is 5.56. The Bertz CT molecular complexity index is 429. The highest BCUT2D eigenvalue weighted by Gasteiger charge is 2.07. The van der Waals surface area contributed by atoms with Gasteiger partial charge in [-0.05, 0) is 31.1 Å². The fourth-order valence-corrected chi connectivity index (χ4v) is 1.45. The van der Waals surface area contributed by atoms with Gasteiger partial charge in [0.05, 0.1) is 5.70 Å². The number of nitrogens with two attached hydrogens (primary N) is 1. The van der Waals surface area contributed by atoms with Gasteiger partial charge in [0.1, 0.15) is 11.9 Å². The molecule has 0 aliphatic carbocycles. The normalized spacial score (nSPS) is 13.5. The maximum Gasteiger partial charge on any atom is 0.121 e. The van der Waals surface area contributed by atoms with Crippen molar-refractivity contribution < 1.29 is 4.74 Å². The molecule has 90 valence electrons. The van der Waals surface area contributed by atoms with Crippen LogP contribution in [0.15, 0.2) is 55.0 Å². The van der Waals surface area contributed by atoms with Gasteiger partial charge in [-0.1, -0.05) is 43.5 Å². The van der Waals surface area contributed by atoms with Gasteiger partial charge in [0.25, 0.3) is 0 Å². The zero-order valence-corrected chi connectivity index (χ0v) is 10.4. The Hall–Kier alpha value is -1.96. The van der Waals surface area contributed by atoms with E-state index in [4.69, 9.17) is 10.5 Å². The van der Waals surface area contributed by atoms with E-state index in [9.17, 15) is 0 Å². The summed E-state index contributed by atoms with van der Waals surface area (Å²) >= 11 is 0. The van der Waals surface area contributed by atoms with Gasteiger partial charge in [0, 0.05) is 0 Å². The van der Waals surface area contributed by atoms with Crippen LogP contribution in [-0.4, -0.2) is 0 Å². The largest absolute Gasteiger partial charge is 0.489 e. The summed E-state index contributed by atoms with van der Waals surface area (Å²) in [4.78, 5) is 0. The first kappa shape index (κ1) is 13.1. The molecule has 0 aromatic heterocycles. The van der Waals surface area contributed by atoms with Crippen molar-refractivity contribution in [3.63, 3.8) is 0 Å². The smallest absolute Gasteiger partial charge is 0.121 e. The third-order valence-electron chi connectivity index (χ3n) is 2.62. The minimum absolute atomic E-state index is 0.0348. The summed E-state index contributed by atoms with van der Waals surface area (Å²) in [6.45, 7) is 11.2. The average Bonchev–Trinajstić information content (AvgIpc) is 2.37. The summed E-state index contributed by atoms with van der Waals surface area (Å²) in [5.74, 6) is 0.695. The molecule has 0 saturated carbocycles. The number of benzene rings is 1. The number of rotatable bonds is 5. The Balaban J connectivity index is 2.79. The zero-order valence-electron chi connectivity index (χ0n) is 10.4. The van der Waals surface area contributed by atoms with Crippen molar-refractivity contribution in [3.8, 4) is 0 Å². The molecule has 0 saturated heterocycles. The third kappa shape index (κ3) is 3.52. The minimum atomic E-state index is -0.0348. The van der Waals surface area contributed by atoms with E-state index in [1.165, 1.54) is 0 Å². The Labute approximate surface area is 103 Å². The number of hydrogen-bond donors (Lipinski definition) is 1. The highest BCUT2D eigenvalue weighted by atomic mass is 16.5. The summed E-state index contributed by atoms with van der Waals surface area (Å²) in [6.07, 6.45) is 3.37. The second-order valence-electron chi connectivity index (χ2n) is 3.85. The minimum Gasteiger partial charge on any atom is -0.489 e. The van der Waals surface area contributed by atoms with Crippen molar-refractivity contribution in [3.05, 3.63) is 66.1 Å². The van der Waals surface area contributed by atoms with Crippen molar-refractivity contribution in [1.82, 2.24) is 0 Å². The molecule has 0 aliphatic rings. The van der Waals surface area contributed by atoms with E-state index < -0.39 is 0 Å². The predicted octanol–water partition coefficient (Wildman–Crippen LogP) is 3.78. The average molecular weight is 229 g/mol. The van der Waals surface area contributed by atoms with Crippen molar-refractivity contribution in [2.24, 2.45) is 5.73 Å². The molecule has 17 heavy (non-hydrogen) atoms. The Morgan fingerprint density at radius 1 is 1.29 bits per heavy atom. The van der Waals surface area contributed by atoms with Crippen LogP contribution in [0.3, 0.4) is 0 Å². The van der Waals surface area contributed by atoms with Crippen molar-refractivity contribution in [1.29, 1.82) is 0 Å². The lowest BCUT2D eigenvalue weighted by Crippen LogP contribution is -2.04. The summed E-state index contributed by atoms with van der Waals surface area (Å²) < 4.78 is 5.72. The second-order valence-corrected chi connectivity index (χ2v) is 3.85. The van der Waals surface area contributed by atoms with Crippen LogP contribution < -0.4 is 5.73 Å². The Morgan fingerprint density at radius 3 is 2.35 bits per heavy atom. The van der Waals surface area contributed by atoms with Gasteiger partial charge >= 0.3 is 0 Å². The van der Waals surface area contributed by atoms with Crippen molar-refractivity contribution in [2.75, 3.05) is 0 Å². The van der Waals surface area contributed by atoms with Crippen LogP contribution in [0.25, 0.3) is 6.08 Å². The van der Waals surface area contributed by atoms with Gasteiger partial charge in [-0.2, -0.15) is 0 Å². The van der Waals surface area contributed by atoms with Gasteiger partial charge < -0.3 is 10.5 Å². The predicted molar refractivity (Wildman–Crippen MR) is 73.1 cm³/mol. The van der Waals surface area contributed by atoms with Gasteiger partial charge in [0.15, 0.2) is 0 Å².